The maximum atomic E-state index is 12.6. The van der Waals surface area contributed by atoms with Crippen LogP contribution in [0, 0.1) is 0 Å². The van der Waals surface area contributed by atoms with Gasteiger partial charge in [-0.2, -0.15) is 0 Å². The van der Waals surface area contributed by atoms with Gasteiger partial charge in [0.15, 0.2) is 6.10 Å². The molecular weight excluding hydrogens is 691 g/mol. The van der Waals surface area contributed by atoms with Gasteiger partial charge in [0.25, 0.3) is 0 Å². The lowest BCUT2D eigenvalue weighted by atomic mass is 10.0. The van der Waals surface area contributed by atoms with Crippen molar-refractivity contribution in [2.24, 2.45) is 0 Å². The molecule has 0 amide bonds. The second-order valence-corrected chi connectivity index (χ2v) is 16.3. The van der Waals surface area contributed by atoms with Crippen LogP contribution in [0.25, 0.3) is 0 Å². The Bertz CT molecular complexity index is 1000. The molecule has 0 aliphatic rings. The molecule has 0 fully saturated rings. The molecule has 8 nitrogen and oxygen atoms in total. The van der Waals surface area contributed by atoms with Crippen molar-refractivity contribution in [1.82, 2.24) is 0 Å². The number of hydrogen-bond donors (Lipinski definition) is 0. The van der Waals surface area contributed by atoms with Crippen LogP contribution in [0.4, 0.5) is 0 Å². The molecule has 55 heavy (non-hydrogen) atoms. The third-order valence-electron chi connectivity index (χ3n) is 10.1. The van der Waals surface area contributed by atoms with Crippen molar-refractivity contribution in [2.75, 3.05) is 41.0 Å². The summed E-state index contributed by atoms with van der Waals surface area (Å²) < 4.78 is 17.0. The number of carbonyl (C=O) groups is 3. The molecule has 0 aromatic heterocycles. The topological polar surface area (TPSA) is 102 Å². The molecule has 2 atom stereocenters. The fourth-order valence-electron chi connectivity index (χ4n) is 6.61. The monoisotopic (exact) mass is 776 g/mol. The Balaban J connectivity index is 4.17. The standard InChI is InChI=1S/C47H85NO7/c1-6-8-10-12-14-16-17-18-19-20-21-22-23-24-25-26-27-28-30-31-33-35-37-45(49)54-42-43(41-53-40-39-44(47(51)52)48(3,4)5)55-46(50)38-36-34-32-29-15-13-11-9-7-2/h9,11,15,29,34,36,43-44H,6-8,10,12-14,16-28,30-33,35,37-42H2,1-5H3/b11-9+,29-15+,36-34+. The number of esters is 2. The number of nitrogens with zero attached hydrogens (tertiary/aromatic N) is 1. The predicted molar refractivity (Wildman–Crippen MR) is 227 cm³/mol. The number of unbranched alkanes of at least 4 members (excludes halogenated alkanes) is 21. The summed E-state index contributed by atoms with van der Waals surface area (Å²) in [5.41, 5.74) is 0. The number of ether oxygens (including phenoxy) is 3. The maximum Gasteiger partial charge on any atom is 0.310 e. The Kier molecular flexibility index (Phi) is 36.7. The zero-order valence-electron chi connectivity index (χ0n) is 36.3. The van der Waals surface area contributed by atoms with Crippen molar-refractivity contribution < 1.29 is 38.2 Å². The first-order valence-electron chi connectivity index (χ1n) is 22.5. The Morgan fingerprint density at radius 3 is 1.44 bits per heavy atom. The number of carboxylic acids is 1. The smallest absolute Gasteiger partial charge is 0.310 e. The Hall–Kier alpha value is -2.45. The second kappa shape index (κ2) is 38.4. The van der Waals surface area contributed by atoms with Gasteiger partial charge in [0.05, 0.1) is 46.7 Å². The van der Waals surface area contributed by atoms with Gasteiger partial charge < -0.3 is 28.6 Å². The van der Waals surface area contributed by atoms with Gasteiger partial charge >= 0.3 is 11.9 Å². The van der Waals surface area contributed by atoms with Gasteiger partial charge in [0, 0.05) is 12.8 Å². The summed E-state index contributed by atoms with van der Waals surface area (Å²) in [6.45, 7) is 4.44. The highest BCUT2D eigenvalue weighted by atomic mass is 16.6. The zero-order chi connectivity index (χ0) is 40.7. The molecule has 0 rings (SSSR count). The van der Waals surface area contributed by atoms with Crippen LogP contribution in [-0.4, -0.2) is 75.5 Å². The lowest BCUT2D eigenvalue weighted by Gasteiger charge is -2.34. The summed E-state index contributed by atoms with van der Waals surface area (Å²) in [5.74, 6) is -1.88. The van der Waals surface area contributed by atoms with Gasteiger partial charge in [0.2, 0.25) is 0 Å². The number of aliphatic carboxylic acids is 1. The van der Waals surface area contributed by atoms with E-state index >= 15 is 0 Å². The van der Waals surface area contributed by atoms with Crippen molar-refractivity contribution in [3.8, 4) is 0 Å². The number of hydrogen-bond acceptors (Lipinski definition) is 7. The molecule has 0 saturated heterocycles. The van der Waals surface area contributed by atoms with Crippen LogP contribution < -0.4 is 5.11 Å². The average Bonchev–Trinajstić information content (AvgIpc) is 3.14. The summed E-state index contributed by atoms with van der Waals surface area (Å²) in [7, 11) is 5.37. The summed E-state index contributed by atoms with van der Waals surface area (Å²) >= 11 is 0. The molecule has 320 valence electrons. The third-order valence-corrected chi connectivity index (χ3v) is 10.1. The van der Waals surface area contributed by atoms with E-state index in [1.807, 2.05) is 6.08 Å². The van der Waals surface area contributed by atoms with Crippen molar-refractivity contribution in [1.29, 1.82) is 0 Å². The third kappa shape index (κ3) is 36.9. The van der Waals surface area contributed by atoms with Gasteiger partial charge in [-0.25, -0.2) is 0 Å². The second-order valence-electron chi connectivity index (χ2n) is 16.3. The average molecular weight is 776 g/mol. The minimum Gasteiger partial charge on any atom is -0.544 e. The van der Waals surface area contributed by atoms with Gasteiger partial charge in [-0.05, 0) is 25.7 Å². The van der Waals surface area contributed by atoms with Crippen LogP contribution in [0.2, 0.25) is 0 Å². The molecule has 8 heteroatoms. The number of carbonyl (C=O) groups excluding carboxylic acids is 3. The minimum absolute atomic E-state index is 0.00700. The van der Waals surface area contributed by atoms with E-state index < -0.39 is 24.1 Å². The summed E-state index contributed by atoms with van der Waals surface area (Å²) in [4.78, 5) is 36.7. The SMILES string of the molecule is CC/C=C/C/C=C/C/C=C/CC(=O)OC(COCCC(C(=O)[O-])[N+](C)(C)C)COC(=O)CCCCCCCCCCCCCCCCCCCCCCCC. The lowest BCUT2D eigenvalue weighted by Crippen LogP contribution is -2.55. The number of likely N-dealkylation sites (N-methyl/N-ethyl adjacent to an activating group) is 1. The quantitative estimate of drug-likeness (QED) is 0.0264. The Morgan fingerprint density at radius 2 is 1.00 bits per heavy atom. The minimum atomic E-state index is -1.14. The van der Waals surface area contributed by atoms with Crippen LogP contribution in [0.1, 0.15) is 194 Å². The van der Waals surface area contributed by atoms with E-state index in [1.54, 1.807) is 27.2 Å². The van der Waals surface area contributed by atoms with Crippen LogP contribution in [0.15, 0.2) is 36.5 Å². The van der Waals surface area contributed by atoms with Crippen LogP contribution in [0.3, 0.4) is 0 Å². The molecule has 0 spiro atoms. The highest BCUT2D eigenvalue weighted by molar-refractivity contribution is 5.71. The largest absolute Gasteiger partial charge is 0.544 e. The van der Waals surface area contributed by atoms with Crippen LogP contribution in [-0.2, 0) is 28.6 Å². The van der Waals surface area contributed by atoms with Gasteiger partial charge in [0.1, 0.15) is 12.6 Å². The van der Waals surface area contributed by atoms with Crippen molar-refractivity contribution in [3.63, 3.8) is 0 Å². The molecule has 2 unspecified atom stereocenters. The number of allylic oxidation sites excluding steroid dienone is 5. The molecule has 0 aliphatic carbocycles. The van der Waals surface area contributed by atoms with E-state index in [0.29, 0.717) is 6.42 Å². The van der Waals surface area contributed by atoms with Gasteiger partial charge in [-0.1, -0.05) is 185 Å². The zero-order valence-corrected chi connectivity index (χ0v) is 36.3. The van der Waals surface area contributed by atoms with E-state index in [4.69, 9.17) is 14.2 Å². The molecular formula is C47H85NO7. The molecule has 0 heterocycles. The Labute approximate surface area is 338 Å². The van der Waals surface area contributed by atoms with Gasteiger partial charge in [-0.15, -0.1) is 0 Å². The normalized spacial score (nSPS) is 13.3. The molecule has 0 bridgehead atoms. The Morgan fingerprint density at radius 1 is 0.564 bits per heavy atom. The van der Waals surface area contributed by atoms with E-state index in [-0.39, 0.29) is 43.1 Å². The van der Waals surface area contributed by atoms with E-state index in [0.717, 1.165) is 38.5 Å². The fourth-order valence-corrected chi connectivity index (χ4v) is 6.61. The first-order valence-corrected chi connectivity index (χ1v) is 22.5. The highest BCUT2D eigenvalue weighted by Crippen LogP contribution is 2.16. The molecule has 0 aliphatic heterocycles. The highest BCUT2D eigenvalue weighted by Gasteiger charge is 2.25. The van der Waals surface area contributed by atoms with Crippen molar-refractivity contribution in [3.05, 3.63) is 36.5 Å². The van der Waals surface area contributed by atoms with E-state index in [2.05, 4.69) is 38.2 Å². The van der Waals surface area contributed by atoms with Crippen molar-refractivity contribution in [2.45, 2.75) is 206 Å². The maximum absolute atomic E-state index is 12.6. The van der Waals surface area contributed by atoms with Crippen LogP contribution in [0.5, 0.6) is 0 Å². The molecule has 0 aromatic carbocycles. The van der Waals surface area contributed by atoms with E-state index in [1.165, 1.54) is 122 Å². The summed E-state index contributed by atoms with van der Waals surface area (Å²) in [6.07, 6.45) is 43.7. The van der Waals surface area contributed by atoms with Crippen molar-refractivity contribution >= 4 is 17.9 Å². The summed E-state index contributed by atoms with van der Waals surface area (Å²) in [6, 6.07) is -0.737. The lowest BCUT2D eigenvalue weighted by molar-refractivity contribution is -0.889. The first kappa shape index (κ1) is 52.6. The van der Waals surface area contributed by atoms with Crippen LogP contribution >= 0.6 is 0 Å². The molecule has 0 saturated carbocycles. The molecule has 0 aromatic rings. The molecule has 0 N–H and O–H groups in total. The predicted octanol–water partition coefficient (Wildman–Crippen LogP) is 10.9. The first-order chi connectivity index (χ1) is 26.6. The summed E-state index contributed by atoms with van der Waals surface area (Å²) in [5, 5.41) is 11.6. The fraction of sp³-hybridized carbons (Fsp3) is 0.809. The number of quaternary nitrogens is 1. The van der Waals surface area contributed by atoms with E-state index in [9.17, 15) is 19.5 Å². The number of carboxylic acid groups (broad SMARTS) is 1. The number of rotatable bonds is 40. The molecule has 0 radical (unpaired) electrons. The van der Waals surface area contributed by atoms with Gasteiger partial charge in [-0.3, -0.25) is 9.59 Å².